The molecule has 1 saturated carbocycles. The number of benzene rings is 1. The van der Waals surface area contributed by atoms with Gasteiger partial charge in [0.25, 0.3) is 11.5 Å². The molecule has 9 nitrogen and oxygen atoms in total. The first kappa shape index (κ1) is 22.2. The third-order valence-electron chi connectivity index (χ3n) is 5.47. The van der Waals surface area contributed by atoms with Crippen LogP contribution < -0.4 is 20.3 Å². The van der Waals surface area contributed by atoms with Gasteiger partial charge in [-0.05, 0) is 54.6 Å². The molecule has 33 heavy (non-hydrogen) atoms. The number of nitrogens with one attached hydrogen (secondary N) is 2. The Morgan fingerprint density at radius 1 is 1.27 bits per heavy atom. The first-order chi connectivity index (χ1) is 16.0. The molecule has 1 aliphatic carbocycles. The maximum absolute atomic E-state index is 13.0. The number of rotatable bonds is 8. The fraction of sp³-hybridized carbons (Fsp3) is 0.261. The second-order valence-electron chi connectivity index (χ2n) is 7.76. The summed E-state index contributed by atoms with van der Waals surface area (Å²) < 4.78 is 9.73. The lowest BCUT2D eigenvalue weighted by Gasteiger charge is -2.16. The number of fused-ring (bicyclic) bond motifs is 1. The Kier molecular flexibility index (Phi) is 6.20. The van der Waals surface area contributed by atoms with E-state index >= 15 is 0 Å². The number of aryl methyl sites for hydroxylation is 1. The minimum absolute atomic E-state index is 0.0169. The van der Waals surface area contributed by atoms with E-state index < -0.39 is 11.5 Å². The first-order valence-corrected chi connectivity index (χ1v) is 11.0. The van der Waals surface area contributed by atoms with Crippen molar-refractivity contribution in [2.75, 3.05) is 6.61 Å². The minimum Gasteiger partial charge on any atom is -0.475 e. The molecule has 0 radical (unpaired) electrons. The van der Waals surface area contributed by atoms with Gasteiger partial charge in [0.05, 0.1) is 16.4 Å². The Morgan fingerprint density at radius 3 is 2.70 bits per heavy atom. The molecule has 1 aliphatic rings. The standard InChI is InChI=1S/C23H20N6O3S/c1-29-19-17(6-9-26-21(19)32-13-23(7-8-23)33-28-14-25)10-18(22(29)31)20(30)27-12-16-4-2-15(11-24)3-5-16/h2-6,9-10,28H,7-8,12-13H2,1H3,(H,27,30). The number of ether oxygens (including phenoxy) is 1. The second kappa shape index (κ2) is 9.23. The highest BCUT2D eigenvalue weighted by Gasteiger charge is 2.45. The number of hydrogen-bond acceptors (Lipinski definition) is 8. The van der Waals surface area contributed by atoms with Crippen LogP contribution in [0.5, 0.6) is 5.88 Å². The predicted molar refractivity (Wildman–Crippen MR) is 123 cm³/mol. The van der Waals surface area contributed by atoms with Gasteiger partial charge in [0, 0.05) is 25.2 Å². The number of carbonyl (C=O) groups is 1. The zero-order valence-corrected chi connectivity index (χ0v) is 18.6. The Balaban J connectivity index is 1.54. The van der Waals surface area contributed by atoms with Crippen molar-refractivity contribution in [1.29, 1.82) is 10.5 Å². The van der Waals surface area contributed by atoms with Crippen LogP contribution in [0.2, 0.25) is 0 Å². The van der Waals surface area contributed by atoms with Crippen molar-refractivity contribution in [3.05, 3.63) is 69.6 Å². The monoisotopic (exact) mass is 460 g/mol. The fourth-order valence-electron chi connectivity index (χ4n) is 3.39. The van der Waals surface area contributed by atoms with Crippen LogP contribution in [-0.2, 0) is 13.6 Å². The number of aromatic nitrogens is 2. The van der Waals surface area contributed by atoms with Crippen LogP contribution in [0.4, 0.5) is 0 Å². The molecule has 4 rings (SSSR count). The lowest BCUT2D eigenvalue weighted by molar-refractivity contribution is 0.0949. The van der Waals surface area contributed by atoms with Crippen molar-refractivity contribution in [2.24, 2.45) is 7.05 Å². The van der Waals surface area contributed by atoms with E-state index in [0.717, 1.165) is 18.4 Å². The van der Waals surface area contributed by atoms with Crippen LogP contribution in [-0.4, -0.2) is 26.8 Å². The average Bonchev–Trinajstić information content (AvgIpc) is 3.62. The summed E-state index contributed by atoms with van der Waals surface area (Å²) in [6.45, 7) is 0.576. The van der Waals surface area contributed by atoms with Gasteiger partial charge >= 0.3 is 0 Å². The summed E-state index contributed by atoms with van der Waals surface area (Å²) in [5, 5.41) is 21.0. The van der Waals surface area contributed by atoms with Crippen LogP contribution >= 0.6 is 11.9 Å². The normalized spacial score (nSPS) is 13.5. The summed E-state index contributed by atoms with van der Waals surface area (Å²) >= 11 is 1.33. The number of nitrogens with zero attached hydrogens (tertiary/aromatic N) is 4. The molecular weight excluding hydrogens is 440 g/mol. The smallest absolute Gasteiger partial charge is 0.263 e. The van der Waals surface area contributed by atoms with Crippen molar-refractivity contribution in [3.8, 4) is 18.1 Å². The van der Waals surface area contributed by atoms with Gasteiger partial charge in [0.1, 0.15) is 17.7 Å². The summed E-state index contributed by atoms with van der Waals surface area (Å²) in [4.78, 5) is 30.0. The number of carbonyl (C=O) groups excluding carboxylic acids is 1. The highest BCUT2D eigenvalue weighted by atomic mass is 32.2. The quantitative estimate of drug-likeness (QED) is 0.297. The molecule has 1 amide bonds. The molecule has 3 aromatic rings. The van der Waals surface area contributed by atoms with Gasteiger partial charge in [0.2, 0.25) is 5.88 Å². The number of pyridine rings is 2. The highest BCUT2D eigenvalue weighted by molar-refractivity contribution is 7.99. The van der Waals surface area contributed by atoms with E-state index in [9.17, 15) is 9.59 Å². The molecular formula is C23H20N6O3S. The van der Waals surface area contributed by atoms with Crippen LogP contribution in [0.3, 0.4) is 0 Å². The molecule has 1 fully saturated rings. The van der Waals surface area contributed by atoms with Crippen molar-refractivity contribution in [2.45, 2.75) is 24.1 Å². The van der Waals surface area contributed by atoms with E-state index in [2.05, 4.69) is 15.0 Å². The van der Waals surface area contributed by atoms with Gasteiger partial charge in [0.15, 0.2) is 6.19 Å². The molecule has 0 unspecified atom stereocenters. The Labute approximate surface area is 194 Å². The van der Waals surface area contributed by atoms with Gasteiger partial charge in [-0.25, -0.2) is 4.98 Å². The van der Waals surface area contributed by atoms with E-state index in [0.29, 0.717) is 29.0 Å². The van der Waals surface area contributed by atoms with Crippen LogP contribution in [0.25, 0.3) is 10.9 Å². The molecule has 0 bridgehead atoms. The lowest BCUT2D eigenvalue weighted by atomic mass is 10.1. The van der Waals surface area contributed by atoms with E-state index in [1.165, 1.54) is 16.5 Å². The second-order valence-corrected chi connectivity index (χ2v) is 9.03. The van der Waals surface area contributed by atoms with E-state index in [-0.39, 0.29) is 16.9 Å². The van der Waals surface area contributed by atoms with Gasteiger partial charge in [-0.2, -0.15) is 10.5 Å². The maximum atomic E-state index is 13.0. The largest absolute Gasteiger partial charge is 0.475 e. The molecule has 10 heteroatoms. The molecule has 166 valence electrons. The molecule has 0 spiro atoms. The summed E-state index contributed by atoms with van der Waals surface area (Å²) in [5.74, 6) is -0.183. The number of hydrogen-bond donors (Lipinski definition) is 2. The summed E-state index contributed by atoms with van der Waals surface area (Å²) in [6.07, 6.45) is 5.30. The van der Waals surface area contributed by atoms with Crippen LogP contribution in [0, 0.1) is 22.8 Å². The van der Waals surface area contributed by atoms with Gasteiger partial charge in [-0.1, -0.05) is 12.1 Å². The summed E-state index contributed by atoms with van der Waals surface area (Å²) in [5.41, 5.74) is 1.41. The Bertz CT molecular complexity index is 1350. The van der Waals surface area contributed by atoms with Gasteiger partial charge in [-0.3, -0.25) is 14.3 Å². The highest BCUT2D eigenvalue weighted by Crippen LogP contribution is 2.47. The molecule has 2 N–H and O–H groups in total. The van der Waals surface area contributed by atoms with Crippen molar-refractivity contribution in [3.63, 3.8) is 0 Å². The molecule has 1 aromatic carbocycles. The van der Waals surface area contributed by atoms with Crippen molar-refractivity contribution < 1.29 is 9.53 Å². The van der Waals surface area contributed by atoms with Crippen molar-refractivity contribution >= 4 is 28.8 Å². The zero-order chi connectivity index (χ0) is 23.4. The first-order valence-electron chi connectivity index (χ1n) is 10.2. The number of nitriles is 2. The van der Waals surface area contributed by atoms with E-state index in [1.807, 2.05) is 12.3 Å². The Morgan fingerprint density at radius 2 is 2.03 bits per heavy atom. The van der Waals surface area contributed by atoms with Gasteiger partial charge in [-0.15, -0.1) is 0 Å². The van der Waals surface area contributed by atoms with Crippen LogP contribution in [0.1, 0.15) is 34.3 Å². The van der Waals surface area contributed by atoms with E-state index in [1.54, 1.807) is 49.6 Å². The predicted octanol–water partition coefficient (Wildman–Crippen LogP) is 2.37. The SMILES string of the molecule is Cn1c(=O)c(C(=O)NCc2ccc(C#N)cc2)cc2ccnc(OCC3(SNC#N)CC3)c21. The summed E-state index contributed by atoms with van der Waals surface area (Å²) in [7, 11) is 1.58. The number of amides is 1. The Hall–Kier alpha value is -4.02. The average molecular weight is 461 g/mol. The fourth-order valence-corrected chi connectivity index (χ4v) is 4.08. The molecule has 2 aromatic heterocycles. The third kappa shape index (κ3) is 4.76. The van der Waals surface area contributed by atoms with E-state index in [4.69, 9.17) is 15.3 Å². The third-order valence-corrected chi connectivity index (χ3v) is 6.62. The van der Waals surface area contributed by atoms with Crippen LogP contribution in [0.15, 0.2) is 47.4 Å². The van der Waals surface area contributed by atoms with Gasteiger partial charge < -0.3 is 14.6 Å². The lowest BCUT2D eigenvalue weighted by Crippen LogP contribution is -2.32. The maximum Gasteiger partial charge on any atom is 0.263 e. The molecule has 2 heterocycles. The zero-order valence-electron chi connectivity index (χ0n) is 17.8. The van der Waals surface area contributed by atoms with Crippen molar-refractivity contribution in [1.82, 2.24) is 19.6 Å². The summed E-state index contributed by atoms with van der Waals surface area (Å²) in [6, 6.07) is 12.2. The topological polar surface area (TPSA) is 133 Å². The minimum atomic E-state index is -0.489. The molecule has 0 atom stereocenters. The molecule has 0 aliphatic heterocycles. The molecule has 0 saturated heterocycles.